The molecule has 1 rings (SSSR count). The van der Waals surface area contributed by atoms with Gasteiger partial charge in [-0.3, -0.25) is 8.37 Å². The third-order valence-corrected chi connectivity index (χ3v) is 6.03. The van der Waals surface area contributed by atoms with Crippen LogP contribution in [0.25, 0.3) is 0 Å². The molecule has 0 N–H and O–H groups in total. The Morgan fingerprint density at radius 1 is 0.864 bits per heavy atom. The zero-order valence-electron chi connectivity index (χ0n) is 12.3. The van der Waals surface area contributed by atoms with Gasteiger partial charge in [-0.15, -0.1) is 0 Å². The predicted octanol–water partition coefficient (Wildman–Crippen LogP) is 3.22. The predicted molar refractivity (Wildman–Crippen MR) is 83.3 cm³/mol. The smallest absolute Gasteiger partial charge is 0.264 e. The van der Waals surface area contributed by atoms with Gasteiger partial charge >= 0.3 is 0 Å². The summed E-state index contributed by atoms with van der Waals surface area (Å²) in [6, 6.07) is 1.89. The van der Waals surface area contributed by atoms with Crippen LogP contribution in [0, 0.1) is 0 Å². The van der Waals surface area contributed by atoms with Gasteiger partial charge in [0.05, 0.1) is 27.1 Å². The van der Waals surface area contributed by atoms with Crippen molar-refractivity contribution in [3.8, 4) is 0 Å². The number of benzene rings is 1. The van der Waals surface area contributed by atoms with Crippen molar-refractivity contribution in [2.75, 3.05) is 0 Å². The number of rotatable bonds is 6. The Kier molecular flexibility index (Phi) is 6.28. The van der Waals surface area contributed by atoms with Gasteiger partial charge in [0.1, 0.15) is 4.90 Å². The second kappa shape index (κ2) is 7.02. The van der Waals surface area contributed by atoms with Gasteiger partial charge in [0, 0.05) is 0 Å². The van der Waals surface area contributed by atoms with Crippen LogP contribution in [0.2, 0.25) is 10.0 Å². The summed E-state index contributed by atoms with van der Waals surface area (Å²) in [4.78, 5) is -0.942. The molecule has 0 spiro atoms. The monoisotopic (exact) mass is 390 g/mol. The highest BCUT2D eigenvalue weighted by molar-refractivity contribution is 7.87. The minimum Gasteiger partial charge on any atom is -0.264 e. The normalized spacial score (nSPS) is 13.1. The molecule has 0 fully saturated rings. The van der Waals surface area contributed by atoms with E-state index in [4.69, 9.17) is 31.6 Å². The highest BCUT2D eigenvalue weighted by Crippen LogP contribution is 2.34. The molecule has 0 aliphatic carbocycles. The lowest BCUT2D eigenvalue weighted by atomic mass is 10.3. The lowest BCUT2D eigenvalue weighted by Crippen LogP contribution is -2.16. The Morgan fingerprint density at radius 2 is 1.32 bits per heavy atom. The maximum absolute atomic E-state index is 12.1. The molecule has 6 nitrogen and oxygen atoms in total. The van der Waals surface area contributed by atoms with E-state index in [1.54, 1.807) is 0 Å². The van der Waals surface area contributed by atoms with E-state index in [1.165, 1.54) is 27.7 Å². The Labute approximate surface area is 140 Å². The van der Waals surface area contributed by atoms with E-state index in [-0.39, 0.29) is 10.0 Å². The molecule has 1 aromatic carbocycles. The fraction of sp³-hybridized carbons (Fsp3) is 0.500. The van der Waals surface area contributed by atoms with Crippen molar-refractivity contribution in [1.29, 1.82) is 0 Å². The van der Waals surface area contributed by atoms with Crippen LogP contribution in [-0.4, -0.2) is 29.0 Å². The van der Waals surface area contributed by atoms with E-state index < -0.39 is 42.2 Å². The summed E-state index contributed by atoms with van der Waals surface area (Å²) in [5.74, 6) is 0. The minimum atomic E-state index is -4.26. The summed E-state index contributed by atoms with van der Waals surface area (Å²) >= 11 is 11.7. The summed E-state index contributed by atoms with van der Waals surface area (Å²) in [6.45, 7) is 6.06. The van der Waals surface area contributed by atoms with Crippen LogP contribution in [0.4, 0.5) is 0 Å². The first kappa shape index (κ1) is 19.7. The third-order valence-electron chi connectivity index (χ3n) is 2.16. The van der Waals surface area contributed by atoms with E-state index in [0.29, 0.717) is 0 Å². The molecule has 1 aromatic rings. The van der Waals surface area contributed by atoms with Gasteiger partial charge in [-0.05, 0) is 39.8 Å². The van der Waals surface area contributed by atoms with Crippen LogP contribution in [0.1, 0.15) is 27.7 Å². The van der Waals surface area contributed by atoms with Gasteiger partial charge in [-0.1, -0.05) is 23.2 Å². The van der Waals surface area contributed by atoms with Crippen LogP contribution in [-0.2, 0) is 28.6 Å². The largest absolute Gasteiger partial charge is 0.298 e. The first-order chi connectivity index (χ1) is 9.86. The number of halogens is 2. The van der Waals surface area contributed by atoms with Gasteiger partial charge in [0.25, 0.3) is 20.2 Å². The molecular weight excluding hydrogens is 375 g/mol. The molecule has 10 heteroatoms. The Morgan fingerprint density at radius 3 is 1.77 bits per heavy atom. The second-order valence-corrected chi connectivity index (χ2v) is 8.81. The van der Waals surface area contributed by atoms with Gasteiger partial charge in [0.15, 0.2) is 0 Å². The maximum Gasteiger partial charge on any atom is 0.298 e. The van der Waals surface area contributed by atoms with Crippen molar-refractivity contribution in [2.24, 2.45) is 0 Å². The standard InChI is InChI=1S/C12H16Cl2O6S2/c1-7(2)19-21(15,16)9-5-10(13)12(14)11(6-9)22(17,18)20-8(3)4/h5-8H,1-4H3. The molecule has 0 bridgehead atoms. The average Bonchev–Trinajstić information content (AvgIpc) is 2.28. The Hall–Kier alpha value is -0.380. The van der Waals surface area contributed by atoms with E-state index in [2.05, 4.69) is 0 Å². The number of hydrogen-bond donors (Lipinski definition) is 0. The molecule has 0 atom stereocenters. The molecule has 0 heterocycles. The van der Waals surface area contributed by atoms with Crippen molar-refractivity contribution >= 4 is 43.4 Å². The van der Waals surface area contributed by atoms with Crippen LogP contribution >= 0.6 is 23.2 Å². The molecule has 0 unspecified atom stereocenters. The van der Waals surface area contributed by atoms with Gasteiger partial charge in [-0.2, -0.15) is 16.8 Å². The van der Waals surface area contributed by atoms with Gasteiger partial charge < -0.3 is 0 Å². The van der Waals surface area contributed by atoms with Crippen molar-refractivity contribution in [3.05, 3.63) is 22.2 Å². The molecular formula is C12H16Cl2O6S2. The van der Waals surface area contributed by atoms with E-state index >= 15 is 0 Å². The summed E-state index contributed by atoms with van der Waals surface area (Å²) in [5.41, 5.74) is 0. The van der Waals surface area contributed by atoms with E-state index in [1.807, 2.05) is 0 Å². The molecule has 126 valence electrons. The summed E-state index contributed by atoms with van der Waals surface area (Å²) in [6.07, 6.45) is -1.27. The molecule has 0 aromatic heterocycles. The third kappa shape index (κ3) is 4.81. The molecule has 0 saturated heterocycles. The summed E-state index contributed by atoms with van der Waals surface area (Å²) in [5, 5.41) is -0.549. The average molecular weight is 391 g/mol. The van der Waals surface area contributed by atoms with Crippen molar-refractivity contribution in [2.45, 2.75) is 49.7 Å². The Bertz CT molecular complexity index is 754. The topological polar surface area (TPSA) is 86.7 Å². The minimum absolute atomic E-state index is 0.235. The first-order valence-electron chi connectivity index (χ1n) is 6.22. The first-order valence-corrected chi connectivity index (χ1v) is 9.79. The zero-order chi connectivity index (χ0) is 17.3. The molecule has 0 radical (unpaired) electrons. The Balaban J connectivity index is 3.51. The molecule has 22 heavy (non-hydrogen) atoms. The second-order valence-electron chi connectivity index (χ2n) is 4.92. The van der Waals surface area contributed by atoms with Crippen LogP contribution in [0.5, 0.6) is 0 Å². The van der Waals surface area contributed by atoms with Crippen molar-refractivity contribution in [3.63, 3.8) is 0 Å². The van der Waals surface area contributed by atoms with Gasteiger partial charge in [-0.25, -0.2) is 0 Å². The zero-order valence-corrected chi connectivity index (χ0v) is 15.5. The summed E-state index contributed by atoms with van der Waals surface area (Å²) in [7, 11) is -8.43. The van der Waals surface area contributed by atoms with Crippen LogP contribution in [0.15, 0.2) is 21.9 Å². The maximum atomic E-state index is 12.1. The molecule has 0 amide bonds. The quantitative estimate of drug-likeness (QED) is 0.692. The SMILES string of the molecule is CC(C)OS(=O)(=O)c1cc(Cl)c(Cl)c(S(=O)(=O)OC(C)C)c1. The molecule has 0 aliphatic heterocycles. The fourth-order valence-electron chi connectivity index (χ4n) is 1.48. The fourth-order valence-corrected chi connectivity index (χ4v) is 4.64. The lowest BCUT2D eigenvalue weighted by molar-refractivity contribution is 0.248. The number of hydrogen-bond acceptors (Lipinski definition) is 6. The van der Waals surface area contributed by atoms with Gasteiger partial charge in [0.2, 0.25) is 0 Å². The highest BCUT2D eigenvalue weighted by atomic mass is 35.5. The molecule has 0 saturated carbocycles. The molecule has 0 aliphatic rings. The van der Waals surface area contributed by atoms with Crippen LogP contribution in [0.3, 0.4) is 0 Å². The van der Waals surface area contributed by atoms with Crippen molar-refractivity contribution in [1.82, 2.24) is 0 Å². The highest BCUT2D eigenvalue weighted by Gasteiger charge is 2.27. The van der Waals surface area contributed by atoms with Crippen LogP contribution < -0.4 is 0 Å². The van der Waals surface area contributed by atoms with E-state index in [9.17, 15) is 16.8 Å². The lowest BCUT2D eigenvalue weighted by Gasteiger charge is -2.13. The summed E-state index contributed by atoms with van der Waals surface area (Å²) < 4.78 is 57.9. The van der Waals surface area contributed by atoms with E-state index in [0.717, 1.165) is 12.1 Å². The van der Waals surface area contributed by atoms with Crippen molar-refractivity contribution < 1.29 is 25.2 Å².